The Morgan fingerprint density at radius 1 is 1.44 bits per heavy atom. The van der Waals surface area contributed by atoms with Crippen molar-refractivity contribution in [1.29, 1.82) is 5.26 Å². The van der Waals surface area contributed by atoms with Crippen LogP contribution in [0.3, 0.4) is 0 Å². The molecule has 0 bridgehead atoms. The summed E-state index contributed by atoms with van der Waals surface area (Å²) in [5.41, 5.74) is 0.150. The van der Waals surface area contributed by atoms with E-state index in [1.54, 1.807) is 17.5 Å². The average Bonchev–Trinajstić information content (AvgIpc) is 2.87. The second-order valence-electron chi connectivity index (χ2n) is 3.57. The molecule has 0 saturated heterocycles. The van der Waals surface area contributed by atoms with Gasteiger partial charge in [0.25, 0.3) is 0 Å². The van der Waals surface area contributed by atoms with E-state index in [1.165, 1.54) is 23.5 Å². The first kappa shape index (κ1) is 12.7. The van der Waals surface area contributed by atoms with Crippen molar-refractivity contribution in [3.63, 3.8) is 0 Å². The highest BCUT2D eigenvalue weighted by molar-refractivity contribution is 7.10. The molecule has 1 atom stereocenters. The number of carbonyl (C=O) groups excluding carboxylic acids is 1. The number of thiophene rings is 1. The van der Waals surface area contributed by atoms with E-state index in [0.29, 0.717) is 4.88 Å². The largest absolute Gasteiger partial charge is 0.292 e. The van der Waals surface area contributed by atoms with Gasteiger partial charge in [-0.2, -0.15) is 5.26 Å². The minimum absolute atomic E-state index is 0.0452. The molecular formula is C13H7ClFNOS. The third-order valence-corrected chi connectivity index (χ3v) is 3.67. The lowest BCUT2D eigenvalue weighted by Crippen LogP contribution is -2.10. The molecule has 1 aromatic heterocycles. The Morgan fingerprint density at radius 2 is 2.22 bits per heavy atom. The van der Waals surface area contributed by atoms with Crippen LogP contribution in [0.25, 0.3) is 0 Å². The van der Waals surface area contributed by atoms with E-state index in [2.05, 4.69) is 0 Å². The number of rotatable bonds is 3. The quantitative estimate of drug-likeness (QED) is 0.796. The summed E-state index contributed by atoms with van der Waals surface area (Å²) in [4.78, 5) is 12.8. The van der Waals surface area contributed by atoms with Crippen LogP contribution in [-0.4, -0.2) is 5.78 Å². The molecule has 1 heterocycles. The number of Topliss-reactive ketones (excluding diaryl/α,β-unsaturated/α-hetero) is 1. The fourth-order valence-electron chi connectivity index (χ4n) is 1.52. The number of ketones is 1. The van der Waals surface area contributed by atoms with Gasteiger partial charge in [-0.25, -0.2) is 4.39 Å². The molecular weight excluding hydrogens is 273 g/mol. The Hall–Kier alpha value is -1.70. The standard InChI is InChI=1S/C13H7ClFNOS/c14-10-4-3-8(6-11(10)15)13(17)9(7-16)12-2-1-5-18-12/h1-6,9H. The van der Waals surface area contributed by atoms with Gasteiger partial charge >= 0.3 is 0 Å². The van der Waals surface area contributed by atoms with Crippen LogP contribution < -0.4 is 0 Å². The van der Waals surface area contributed by atoms with Crippen molar-refractivity contribution in [2.75, 3.05) is 0 Å². The summed E-state index contributed by atoms with van der Waals surface area (Å²) in [6, 6.07) is 9.21. The topological polar surface area (TPSA) is 40.9 Å². The lowest BCUT2D eigenvalue weighted by molar-refractivity contribution is 0.0979. The maximum Gasteiger partial charge on any atom is 0.185 e. The number of hydrogen-bond acceptors (Lipinski definition) is 3. The van der Waals surface area contributed by atoms with E-state index >= 15 is 0 Å². The van der Waals surface area contributed by atoms with Crippen LogP contribution in [-0.2, 0) is 0 Å². The molecule has 2 aromatic rings. The van der Waals surface area contributed by atoms with Gasteiger partial charge in [0, 0.05) is 10.4 Å². The third kappa shape index (κ3) is 2.42. The summed E-state index contributed by atoms with van der Waals surface area (Å²) < 4.78 is 13.3. The third-order valence-electron chi connectivity index (χ3n) is 2.42. The van der Waals surface area contributed by atoms with Gasteiger partial charge in [0.15, 0.2) is 5.78 Å². The van der Waals surface area contributed by atoms with Gasteiger partial charge in [0.05, 0.1) is 11.1 Å². The maximum atomic E-state index is 13.3. The fourth-order valence-corrected chi connectivity index (χ4v) is 2.41. The maximum absolute atomic E-state index is 13.3. The Kier molecular flexibility index (Phi) is 3.75. The number of benzene rings is 1. The minimum atomic E-state index is -0.898. The highest BCUT2D eigenvalue weighted by atomic mass is 35.5. The Labute approximate surface area is 112 Å². The van der Waals surface area contributed by atoms with E-state index in [4.69, 9.17) is 16.9 Å². The van der Waals surface area contributed by atoms with Gasteiger partial charge in [0.2, 0.25) is 0 Å². The normalized spacial score (nSPS) is 11.8. The van der Waals surface area contributed by atoms with Gasteiger partial charge in [-0.15, -0.1) is 11.3 Å². The predicted octanol–water partition coefficient (Wildman–Crippen LogP) is 4.03. The van der Waals surface area contributed by atoms with Gasteiger partial charge in [0.1, 0.15) is 11.7 Å². The summed E-state index contributed by atoms with van der Waals surface area (Å²) >= 11 is 6.87. The van der Waals surface area contributed by atoms with Crippen molar-refractivity contribution in [1.82, 2.24) is 0 Å². The van der Waals surface area contributed by atoms with Crippen LogP contribution in [0.5, 0.6) is 0 Å². The van der Waals surface area contributed by atoms with Crippen LogP contribution in [0.4, 0.5) is 4.39 Å². The van der Waals surface area contributed by atoms with Crippen molar-refractivity contribution in [2.24, 2.45) is 0 Å². The molecule has 0 aliphatic heterocycles. The SMILES string of the molecule is N#CC(C(=O)c1ccc(Cl)c(F)c1)c1cccs1. The lowest BCUT2D eigenvalue weighted by Gasteiger charge is -2.06. The predicted molar refractivity (Wildman–Crippen MR) is 68.4 cm³/mol. The molecule has 0 spiro atoms. The molecule has 90 valence electrons. The Balaban J connectivity index is 2.36. The molecule has 2 rings (SSSR count). The van der Waals surface area contributed by atoms with Crippen LogP contribution in [0.2, 0.25) is 5.02 Å². The number of hydrogen-bond donors (Lipinski definition) is 0. The number of nitriles is 1. The van der Waals surface area contributed by atoms with E-state index in [1.807, 2.05) is 6.07 Å². The van der Waals surface area contributed by atoms with Crippen molar-refractivity contribution >= 4 is 28.7 Å². The fraction of sp³-hybridized carbons (Fsp3) is 0.0769. The minimum Gasteiger partial charge on any atom is -0.292 e. The van der Waals surface area contributed by atoms with Crippen LogP contribution in [0.15, 0.2) is 35.7 Å². The van der Waals surface area contributed by atoms with E-state index < -0.39 is 17.5 Å². The summed E-state index contributed by atoms with van der Waals surface area (Å²) in [6.07, 6.45) is 0. The van der Waals surface area contributed by atoms with Gasteiger partial charge < -0.3 is 0 Å². The molecule has 0 aliphatic carbocycles. The number of nitrogens with zero attached hydrogens (tertiary/aromatic N) is 1. The first-order valence-electron chi connectivity index (χ1n) is 5.05. The first-order chi connectivity index (χ1) is 8.63. The van der Waals surface area contributed by atoms with Crippen molar-refractivity contribution in [2.45, 2.75) is 5.92 Å². The average molecular weight is 280 g/mol. The molecule has 0 fully saturated rings. The van der Waals surface area contributed by atoms with Gasteiger partial charge in [-0.1, -0.05) is 17.7 Å². The highest BCUT2D eigenvalue weighted by Crippen LogP contribution is 2.26. The molecule has 2 nitrogen and oxygen atoms in total. The molecule has 0 amide bonds. The van der Waals surface area contributed by atoms with Crippen molar-refractivity contribution in [3.8, 4) is 6.07 Å². The molecule has 5 heteroatoms. The Morgan fingerprint density at radius 3 is 2.78 bits per heavy atom. The summed E-state index contributed by atoms with van der Waals surface area (Å²) in [5.74, 6) is -1.98. The first-order valence-corrected chi connectivity index (χ1v) is 6.31. The molecule has 0 radical (unpaired) electrons. The molecule has 1 aromatic carbocycles. The molecule has 0 saturated carbocycles. The molecule has 0 N–H and O–H groups in total. The summed E-state index contributed by atoms with van der Waals surface area (Å²) in [5, 5.41) is 10.8. The number of carbonyl (C=O) groups is 1. The van der Waals surface area contributed by atoms with Crippen LogP contribution in [0.1, 0.15) is 21.2 Å². The zero-order valence-electron chi connectivity index (χ0n) is 9.06. The molecule has 0 aliphatic rings. The number of halogens is 2. The second kappa shape index (κ2) is 5.30. The zero-order valence-corrected chi connectivity index (χ0v) is 10.6. The summed E-state index contributed by atoms with van der Waals surface area (Å²) in [6.45, 7) is 0. The lowest BCUT2D eigenvalue weighted by atomic mass is 9.97. The van der Waals surface area contributed by atoms with E-state index in [0.717, 1.165) is 6.07 Å². The highest BCUT2D eigenvalue weighted by Gasteiger charge is 2.23. The van der Waals surface area contributed by atoms with Crippen LogP contribution in [0, 0.1) is 17.1 Å². The van der Waals surface area contributed by atoms with Gasteiger partial charge in [-0.3, -0.25) is 4.79 Å². The summed E-state index contributed by atoms with van der Waals surface area (Å²) in [7, 11) is 0. The Bertz CT molecular complexity index is 618. The molecule has 1 unspecified atom stereocenters. The van der Waals surface area contributed by atoms with Crippen LogP contribution >= 0.6 is 22.9 Å². The van der Waals surface area contributed by atoms with E-state index in [9.17, 15) is 9.18 Å². The van der Waals surface area contributed by atoms with Crippen molar-refractivity contribution < 1.29 is 9.18 Å². The smallest absolute Gasteiger partial charge is 0.185 e. The van der Waals surface area contributed by atoms with Gasteiger partial charge in [-0.05, 0) is 29.6 Å². The van der Waals surface area contributed by atoms with E-state index in [-0.39, 0.29) is 10.6 Å². The van der Waals surface area contributed by atoms with Crippen molar-refractivity contribution in [3.05, 3.63) is 57.0 Å². The molecule has 18 heavy (non-hydrogen) atoms. The second-order valence-corrected chi connectivity index (χ2v) is 4.96. The monoisotopic (exact) mass is 279 g/mol. The zero-order chi connectivity index (χ0) is 13.1.